The van der Waals surface area contributed by atoms with Gasteiger partial charge in [-0.3, -0.25) is 0 Å². The zero-order chi connectivity index (χ0) is 18.2. The van der Waals surface area contributed by atoms with Crippen LogP contribution in [0.5, 0.6) is 5.75 Å². The summed E-state index contributed by atoms with van der Waals surface area (Å²) in [7, 11) is 0. The highest BCUT2D eigenvalue weighted by atomic mass is 16.5. The number of anilines is 2. The highest BCUT2D eigenvalue weighted by Gasteiger charge is 2.21. The molecule has 0 saturated carbocycles. The van der Waals surface area contributed by atoms with E-state index in [1.165, 1.54) is 0 Å². The first kappa shape index (κ1) is 18.6. The molecular formula is C21H25NO3. The van der Waals surface area contributed by atoms with Crippen LogP contribution in [0.1, 0.15) is 35.3 Å². The Labute approximate surface area is 149 Å². The van der Waals surface area contributed by atoms with Crippen LogP contribution >= 0.6 is 0 Å². The van der Waals surface area contributed by atoms with Crippen LogP contribution in [0.15, 0.2) is 49.1 Å². The molecule has 2 aromatic rings. The molecule has 132 valence electrons. The van der Waals surface area contributed by atoms with E-state index in [1.54, 1.807) is 6.08 Å². The number of para-hydroxylation sites is 1. The van der Waals surface area contributed by atoms with Gasteiger partial charge in [-0.1, -0.05) is 37.8 Å². The van der Waals surface area contributed by atoms with Crippen LogP contribution in [-0.4, -0.2) is 19.2 Å². The first-order valence-corrected chi connectivity index (χ1v) is 8.51. The molecule has 2 rings (SSSR count). The summed E-state index contributed by atoms with van der Waals surface area (Å²) in [5, 5.41) is 3.37. The van der Waals surface area contributed by atoms with E-state index in [9.17, 15) is 4.79 Å². The minimum absolute atomic E-state index is 0.303. The van der Waals surface area contributed by atoms with Crippen molar-refractivity contribution < 1.29 is 14.3 Å². The fourth-order valence-corrected chi connectivity index (χ4v) is 2.70. The number of nitrogens with one attached hydrogen (secondary N) is 1. The fourth-order valence-electron chi connectivity index (χ4n) is 2.70. The molecule has 2 aromatic carbocycles. The highest BCUT2D eigenvalue weighted by molar-refractivity contribution is 5.96. The van der Waals surface area contributed by atoms with Crippen LogP contribution in [0.2, 0.25) is 0 Å². The summed E-state index contributed by atoms with van der Waals surface area (Å²) in [5.41, 5.74) is 4.03. The maximum absolute atomic E-state index is 12.5. The van der Waals surface area contributed by atoms with Gasteiger partial charge in [0.15, 0.2) is 0 Å². The smallest absolute Gasteiger partial charge is 0.338 e. The van der Waals surface area contributed by atoms with Crippen LogP contribution in [0, 0.1) is 6.92 Å². The van der Waals surface area contributed by atoms with Gasteiger partial charge in [0.05, 0.1) is 17.9 Å². The van der Waals surface area contributed by atoms with Gasteiger partial charge in [0, 0.05) is 5.69 Å². The molecule has 0 saturated heterocycles. The van der Waals surface area contributed by atoms with Crippen molar-refractivity contribution in [3.63, 3.8) is 0 Å². The lowest BCUT2D eigenvalue weighted by Gasteiger charge is -2.20. The first-order chi connectivity index (χ1) is 12.1. The average Bonchev–Trinajstić information content (AvgIpc) is 2.62. The Kier molecular flexibility index (Phi) is 6.63. The SMILES string of the molecule is C=CCOc1cc(CC)c(C(=O)OCC)c(C)c1Nc1ccccc1. The van der Waals surface area contributed by atoms with E-state index >= 15 is 0 Å². The number of benzene rings is 2. The molecule has 0 spiro atoms. The fraction of sp³-hybridized carbons (Fsp3) is 0.286. The standard InChI is InChI=1S/C21H25NO3/c1-5-13-25-18-14-16(6-2)19(21(23)24-7-3)15(4)20(18)22-17-11-9-8-10-12-17/h5,8-12,14,22H,1,6-7,13H2,2-4H3. The van der Waals surface area contributed by atoms with Crippen molar-refractivity contribution in [3.05, 3.63) is 65.7 Å². The van der Waals surface area contributed by atoms with E-state index in [0.717, 1.165) is 22.5 Å². The van der Waals surface area contributed by atoms with Gasteiger partial charge in [-0.15, -0.1) is 0 Å². The predicted molar refractivity (Wildman–Crippen MR) is 102 cm³/mol. The normalized spacial score (nSPS) is 10.2. The molecule has 0 atom stereocenters. The van der Waals surface area contributed by atoms with Crippen LogP contribution < -0.4 is 10.1 Å². The molecule has 0 unspecified atom stereocenters. The van der Waals surface area contributed by atoms with E-state index in [4.69, 9.17) is 9.47 Å². The maximum atomic E-state index is 12.5. The quantitative estimate of drug-likeness (QED) is 0.540. The topological polar surface area (TPSA) is 47.6 Å². The van der Waals surface area contributed by atoms with Gasteiger partial charge >= 0.3 is 5.97 Å². The molecule has 0 aromatic heterocycles. The summed E-state index contributed by atoms with van der Waals surface area (Å²) in [4.78, 5) is 12.5. The van der Waals surface area contributed by atoms with Crippen molar-refractivity contribution in [1.82, 2.24) is 0 Å². The lowest BCUT2D eigenvalue weighted by molar-refractivity contribution is 0.0524. The van der Waals surface area contributed by atoms with Crippen molar-refractivity contribution in [2.45, 2.75) is 27.2 Å². The monoisotopic (exact) mass is 339 g/mol. The summed E-state index contributed by atoms with van der Waals surface area (Å²) in [6.45, 7) is 10.2. The lowest BCUT2D eigenvalue weighted by atomic mass is 9.97. The van der Waals surface area contributed by atoms with Gasteiger partial charge in [0.1, 0.15) is 12.4 Å². The second kappa shape index (κ2) is 8.92. The summed E-state index contributed by atoms with van der Waals surface area (Å²) in [5.74, 6) is 0.398. The maximum Gasteiger partial charge on any atom is 0.338 e. The van der Waals surface area contributed by atoms with Gasteiger partial charge < -0.3 is 14.8 Å². The van der Waals surface area contributed by atoms with Gasteiger partial charge in [-0.25, -0.2) is 4.79 Å². The molecule has 0 aliphatic rings. The predicted octanol–water partition coefficient (Wildman–Crippen LogP) is 5.04. The molecule has 0 bridgehead atoms. The van der Waals surface area contributed by atoms with E-state index in [0.29, 0.717) is 30.9 Å². The van der Waals surface area contributed by atoms with E-state index < -0.39 is 0 Å². The summed E-state index contributed by atoms with van der Waals surface area (Å²) < 4.78 is 11.1. The summed E-state index contributed by atoms with van der Waals surface area (Å²) in [6, 6.07) is 11.7. The summed E-state index contributed by atoms with van der Waals surface area (Å²) in [6.07, 6.45) is 2.41. The van der Waals surface area contributed by atoms with Crippen LogP contribution in [0.25, 0.3) is 0 Å². The number of rotatable bonds is 8. The molecule has 1 N–H and O–H groups in total. The second-order valence-corrected chi connectivity index (χ2v) is 5.57. The summed E-state index contributed by atoms with van der Waals surface area (Å²) >= 11 is 0. The number of carbonyl (C=O) groups is 1. The molecule has 0 aliphatic carbocycles. The van der Waals surface area contributed by atoms with Crippen molar-refractivity contribution in [2.24, 2.45) is 0 Å². The third-order valence-corrected chi connectivity index (χ3v) is 3.88. The molecule has 0 fully saturated rings. The van der Waals surface area contributed by atoms with Gasteiger partial charge in [-0.2, -0.15) is 0 Å². The van der Waals surface area contributed by atoms with Crippen LogP contribution in [-0.2, 0) is 11.2 Å². The third kappa shape index (κ3) is 4.41. The number of carbonyl (C=O) groups excluding carboxylic acids is 1. The Balaban J connectivity index is 2.57. The number of hydrogen-bond donors (Lipinski definition) is 1. The van der Waals surface area contributed by atoms with Crippen molar-refractivity contribution in [2.75, 3.05) is 18.5 Å². The zero-order valence-corrected chi connectivity index (χ0v) is 15.1. The number of hydrogen-bond acceptors (Lipinski definition) is 4. The Morgan fingerprint density at radius 3 is 2.56 bits per heavy atom. The van der Waals surface area contributed by atoms with Crippen molar-refractivity contribution in [1.29, 1.82) is 0 Å². The van der Waals surface area contributed by atoms with Crippen molar-refractivity contribution in [3.8, 4) is 5.75 Å². The van der Waals surface area contributed by atoms with Crippen molar-refractivity contribution >= 4 is 17.3 Å². The number of aryl methyl sites for hydroxylation is 1. The third-order valence-electron chi connectivity index (χ3n) is 3.88. The molecular weight excluding hydrogens is 314 g/mol. The highest BCUT2D eigenvalue weighted by Crippen LogP contribution is 2.36. The first-order valence-electron chi connectivity index (χ1n) is 8.51. The average molecular weight is 339 g/mol. The molecule has 4 nitrogen and oxygen atoms in total. The van der Waals surface area contributed by atoms with Crippen LogP contribution in [0.4, 0.5) is 11.4 Å². The van der Waals surface area contributed by atoms with Gasteiger partial charge in [0.2, 0.25) is 0 Å². The lowest BCUT2D eigenvalue weighted by Crippen LogP contribution is -2.13. The molecule has 0 heterocycles. The number of esters is 1. The Hall–Kier alpha value is -2.75. The van der Waals surface area contributed by atoms with E-state index in [2.05, 4.69) is 11.9 Å². The zero-order valence-electron chi connectivity index (χ0n) is 15.1. The molecule has 0 aliphatic heterocycles. The van der Waals surface area contributed by atoms with Gasteiger partial charge in [-0.05, 0) is 49.6 Å². The van der Waals surface area contributed by atoms with Gasteiger partial charge in [0.25, 0.3) is 0 Å². The molecule has 0 amide bonds. The number of ether oxygens (including phenoxy) is 2. The van der Waals surface area contributed by atoms with Crippen LogP contribution in [0.3, 0.4) is 0 Å². The molecule has 0 radical (unpaired) electrons. The largest absolute Gasteiger partial charge is 0.487 e. The minimum Gasteiger partial charge on any atom is -0.487 e. The Bertz CT molecular complexity index is 739. The molecule has 4 heteroatoms. The Morgan fingerprint density at radius 2 is 1.96 bits per heavy atom. The minimum atomic E-state index is -0.303. The second-order valence-electron chi connectivity index (χ2n) is 5.57. The molecule has 25 heavy (non-hydrogen) atoms. The van der Waals surface area contributed by atoms with E-state index in [-0.39, 0.29) is 5.97 Å². The Morgan fingerprint density at radius 1 is 1.24 bits per heavy atom. The van der Waals surface area contributed by atoms with E-state index in [1.807, 2.05) is 57.2 Å².